The fourth-order valence-corrected chi connectivity index (χ4v) is 2.94. The SMILES string of the molecule is CCCNC(=O)n1cnc2nc(S(=O)(=O)CCC)ncc21. The molecule has 0 aliphatic heterocycles. The molecule has 2 aromatic rings. The largest absolute Gasteiger partial charge is 0.337 e. The van der Waals surface area contributed by atoms with E-state index in [0.29, 0.717) is 18.5 Å². The quantitative estimate of drug-likeness (QED) is 0.825. The van der Waals surface area contributed by atoms with Gasteiger partial charge in [-0.25, -0.2) is 27.7 Å². The smallest absolute Gasteiger partial charge is 0.327 e. The Balaban J connectivity index is 2.38. The standard InChI is InChI=1S/C12H17N5O3S/c1-3-5-13-12(18)17-8-15-10-9(17)7-14-11(16-10)21(19,20)6-4-2/h7-8H,3-6H2,1-2H3,(H,13,18). The zero-order valence-corrected chi connectivity index (χ0v) is 12.7. The van der Waals surface area contributed by atoms with Crippen molar-refractivity contribution in [1.29, 1.82) is 0 Å². The number of amides is 1. The van der Waals surface area contributed by atoms with Gasteiger partial charge in [0.05, 0.1) is 11.9 Å². The summed E-state index contributed by atoms with van der Waals surface area (Å²) < 4.78 is 25.1. The number of hydrogen-bond donors (Lipinski definition) is 1. The summed E-state index contributed by atoms with van der Waals surface area (Å²) in [5.41, 5.74) is 0.561. The molecule has 1 N–H and O–H groups in total. The first kappa shape index (κ1) is 15.4. The molecule has 0 aliphatic rings. The Morgan fingerprint density at radius 3 is 2.71 bits per heavy atom. The molecule has 0 fully saturated rings. The van der Waals surface area contributed by atoms with Gasteiger partial charge in [0.15, 0.2) is 5.65 Å². The van der Waals surface area contributed by atoms with Gasteiger partial charge in [-0.3, -0.25) is 0 Å². The number of carbonyl (C=O) groups is 1. The van der Waals surface area contributed by atoms with Crippen LogP contribution in [0, 0.1) is 0 Å². The number of rotatable bonds is 5. The van der Waals surface area contributed by atoms with Gasteiger partial charge in [0.25, 0.3) is 0 Å². The van der Waals surface area contributed by atoms with Gasteiger partial charge in [-0.1, -0.05) is 13.8 Å². The fraction of sp³-hybridized carbons (Fsp3) is 0.500. The second-order valence-electron chi connectivity index (χ2n) is 4.53. The summed E-state index contributed by atoms with van der Waals surface area (Å²) in [5, 5.41) is 2.45. The second-order valence-corrected chi connectivity index (χ2v) is 6.53. The number of nitrogens with zero attached hydrogens (tertiary/aromatic N) is 4. The summed E-state index contributed by atoms with van der Waals surface area (Å²) in [7, 11) is -3.50. The third-order valence-electron chi connectivity index (χ3n) is 2.78. The number of aromatic nitrogens is 4. The summed E-state index contributed by atoms with van der Waals surface area (Å²) in [5.74, 6) is -0.0177. The molecule has 114 valence electrons. The van der Waals surface area contributed by atoms with Crippen LogP contribution in [0.15, 0.2) is 17.7 Å². The normalized spacial score (nSPS) is 11.7. The average Bonchev–Trinajstić information content (AvgIpc) is 2.87. The Bertz CT molecular complexity index is 753. The molecule has 0 bridgehead atoms. The Kier molecular flexibility index (Phi) is 4.51. The van der Waals surface area contributed by atoms with Crippen LogP contribution in [0.25, 0.3) is 11.2 Å². The minimum Gasteiger partial charge on any atom is -0.337 e. The summed E-state index contributed by atoms with van der Waals surface area (Å²) in [4.78, 5) is 23.7. The molecule has 9 heteroatoms. The van der Waals surface area contributed by atoms with Gasteiger partial charge in [-0.05, 0) is 12.8 Å². The highest BCUT2D eigenvalue weighted by atomic mass is 32.2. The maximum Gasteiger partial charge on any atom is 0.327 e. The van der Waals surface area contributed by atoms with Gasteiger partial charge < -0.3 is 5.32 Å². The number of sulfone groups is 1. The molecule has 0 atom stereocenters. The highest BCUT2D eigenvalue weighted by Gasteiger charge is 2.19. The maximum absolute atomic E-state index is 11.9. The van der Waals surface area contributed by atoms with Gasteiger partial charge in [-0.2, -0.15) is 4.98 Å². The summed E-state index contributed by atoms with van der Waals surface area (Å²) in [6, 6.07) is -0.341. The van der Waals surface area contributed by atoms with Crippen LogP contribution in [-0.2, 0) is 9.84 Å². The zero-order chi connectivity index (χ0) is 15.5. The lowest BCUT2D eigenvalue weighted by Gasteiger charge is -2.04. The van der Waals surface area contributed by atoms with Crippen LogP contribution in [-0.4, -0.2) is 46.3 Å². The maximum atomic E-state index is 11.9. The first-order valence-electron chi connectivity index (χ1n) is 6.70. The highest BCUT2D eigenvalue weighted by Crippen LogP contribution is 2.13. The summed E-state index contributed by atoms with van der Waals surface area (Å²) in [6.07, 6.45) is 3.91. The van der Waals surface area contributed by atoms with E-state index in [9.17, 15) is 13.2 Å². The van der Waals surface area contributed by atoms with Crippen LogP contribution in [0.3, 0.4) is 0 Å². The van der Waals surface area contributed by atoms with Gasteiger partial charge in [0, 0.05) is 6.54 Å². The topological polar surface area (TPSA) is 107 Å². The Hall–Kier alpha value is -2.03. The van der Waals surface area contributed by atoms with E-state index in [1.54, 1.807) is 6.92 Å². The minimum absolute atomic E-state index is 0.0177. The monoisotopic (exact) mass is 311 g/mol. The third kappa shape index (κ3) is 3.18. The van der Waals surface area contributed by atoms with Crippen molar-refractivity contribution in [2.75, 3.05) is 12.3 Å². The molecule has 0 aliphatic carbocycles. The van der Waals surface area contributed by atoms with E-state index in [0.717, 1.165) is 6.42 Å². The molecular formula is C12H17N5O3S. The number of carbonyl (C=O) groups excluding carboxylic acids is 1. The minimum atomic E-state index is -3.50. The molecule has 2 rings (SSSR count). The Morgan fingerprint density at radius 1 is 1.29 bits per heavy atom. The molecule has 1 amide bonds. The number of fused-ring (bicyclic) bond motifs is 1. The van der Waals surface area contributed by atoms with Crippen LogP contribution in [0.4, 0.5) is 4.79 Å². The predicted octanol–water partition coefficient (Wildman–Crippen LogP) is 0.978. The van der Waals surface area contributed by atoms with Crippen LogP contribution >= 0.6 is 0 Å². The first-order valence-corrected chi connectivity index (χ1v) is 8.36. The van der Waals surface area contributed by atoms with Crippen molar-refractivity contribution in [3.05, 3.63) is 12.5 Å². The molecule has 0 unspecified atom stereocenters. The van der Waals surface area contributed by atoms with Crippen molar-refractivity contribution in [3.63, 3.8) is 0 Å². The molecule has 2 aromatic heterocycles. The lowest BCUT2D eigenvalue weighted by atomic mass is 10.5. The van der Waals surface area contributed by atoms with Crippen LogP contribution in [0.5, 0.6) is 0 Å². The number of nitrogens with one attached hydrogen (secondary N) is 1. The molecule has 2 heterocycles. The number of imidazole rings is 1. The van der Waals surface area contributed by atoms with Crippen LogP contribution in [0.2, 0.25) is 0 Å². The van der Waals surface area contributed by atoms with Crippen LogP contribution < -0.4 is 5.32 Å². The summed E-state index contributed by atoms with van der Waals surface area (Å²) >= 11 is 0. The Morgan fingerprint density at radius 2 is 2.05 bits per heavy atom. The van der Waals surface area contributed by atoms with Crippen molar-refractivity contribution in [1.82, 2.24) is 24.8 Å². The van der Waals surface area contributed by atoms with Crippen LogP contribution in [0.1, 0.15) is 26.7 Å². The molecule has 0 saturated heterocycles. The van der Waals surface area contributed by atoms with E-state index in [4.69, 9.17) is 0 Å². The van der Waals surface area contributed by atoms with Crippen molar-refractivity contribution < 1.29 is 13.2 Å². The average molecular weight is 311 g/mol. The van der Waals surface area contributed by atoms with E-state index in [1.807, 2.05) is 6.92 Å². The molecule has 0 aromatic carbocycles. The van der Waals surface area contributed by atoms with Crippen molar-refractivity contribution in [3.8, 4) is 0 Å². The molecule has 8 nitrogen and oxygen atoms in total. The van der Waals surface area contributed by atoms with Gasteiger partial charge in [0.2, 0.25) is 15.0 Å². The van der Waals surface area contributed by atoms with E-state index >= 15 is 0 Å². The van der Waals surface area contributed by atoms with E-state index in [1.165, 1.54) is 17.1 Å². The van der Waals surface area contributed by atoms with Gasteiger partial charge >= 0.3 is 6.03 Å². The van der Waals surface area contributed by atoms with Crippen molar-refractivity contribution in [2.24, 2.45) is 0 Å². The van der Waals surface area contributed by atoms with Gasteiger partial charge in [0.1, 0.15) is 11.8 Å². The predicted molar refractivity (Wildman–Crippen MR) is 76.8 cm³/mol. The lowest BCUT2D eigenvalue weighted by Crippen LogP contribution is -2.28. The third-order valence-corrected chi connectivity index (χ3v) is 4.48. The number of hydrogen-bond acceptors (Lipinski definition) is 6. The second kappa shape index (κ2) is 6.17. The fourth-order valence-electron chi connectivity index (χ4n) is 1.78. The Labute approximate surface area is 122 Å². The van der Waals surface area contributed by atoms with Gasteiger partial charge in [-0.15, -0.1) is 0 Å². The van der Waals surface area contributed by atoms with Crippen molar-refractivity contribution in [2.45, 2.75) is 31.8 Å². The van der Waals surface area contributed by atoms with Crippen molar-refractivity contribution >= 4 is 27.0 Å². The van der Waals surface area contributed by atoms with E-state index in [2.05, 4.69) is 20.3 Å². The van der Waals surface area contributed by atoms with E-state index in [-0.39, 0.29) is 22.6 Å². The lowest BCUT2D eigenvalue weighted by molar-refractivity contribution is 0.243. The zero-order valence-electron chi connectivity index (χ0n) is 11.9. The molecular weight excluding hydrogens is 294 g/mol. The molecule has 0 spiro atoms. The summed E-state index contributed by atoms with van der Waals surface area (Å²) in [6.45, 7) is 4.26. The molecule has 0 saturated carbocycles. The molecule has 0 radical (unpaired) electrons. The first-order chi connectivity index (χ1) is 9.99. The highest BCUT2D eigenvalue weighted by molar-refractivity contribution is 7.91. The van der Waals surface area contributed by atoms with E-state index < -0.39 is 9.84 Å². The molecule has 21 heavy (non-hydrogen) atoms.